The lowest BCUT2D eigenvalue weighted by atomic mass is 9.85. The predicted octanol–water partition coefficient (Wildman–Crippen LogP) is 4.42. The molecule has 2 aromatic rings. The molecule has 1 aromatic carbocycles. The van der Waals surface area contributed by atoms with E-state index >= 15 is 0 Å². The highest BCUT2D eigenvalue weighted by molar-refractivity contribution is 7.15. The molecular weight excluding hydrogens is 350 g/mol. The summed E-state index contributed by atoms with van der Waals surface area (Å²) >= 11 is 1.71. The van der Waals surface area contributed by atoms with Crippen LogP contribution < -0.4 is 4.74 Å². The van der Waals surface area contributed by atoms with Gasteiger partial charge < -0.3 is 14.2 Å². The van der Waals surface area contributed by atoms with Crippen LogP contribution >= 0.6 is 11.3 Å². The van der Waals surface area contributed by atoms with Crippen molar-refractivity contribution in [3.05, 3.63) is 34.8 Å². The fraction of sp³-hybridized carbons (Fsp3) is 0.500. The predicted molar refractivity (Wildman–Crippen MR) is 100.0 cm³/mol. The Bertz CT molecular complexity index is 778. The molecule has 2 heterocycles. The van der Waals surface area contributed by atoms with Crippen molar-refractivity contribution in [2.45, 2.75) is 44.1 Å². The topological polar surface area (TPSA) is 57.7 Å². The van der Waals surface area contributed by atoms with E-state index in [2.05, 4.69) is 4.98 Å². The quantitative estimate of drug-likeness (QED) is 0.726. The zero-order valence-corrected chi connectivity index (χ0v) is 15.7. The maximum atomic E-state index is 12.1. The van der Waals surface area contributed by atoms with Crippen molar-refractivity contribution in [2.24, 2.45) is 0 Å². The molecule has 1 saturated heterocycles. The highest BCUT2D eigenvalue weighted by Gasteiger charge is 2.23. The van der Waals surface area contributed by atoms with Gasteiger partial charge in [0.2, 0.25) is 0 Å². The van der Waals surface area contributed by atoms with Crippen molar-refractivity contribution in [2.75, 3.05) is 20.3 Å². The van der Waals surface area contributed by atoms with Crippen molar-refractivity contribution < 1.29 is 19.0 Å². The molecule has 0 atom stereocenters. The summed E-state index contributed by atoms with van der Waals surface area (Å²) in [7, 11) is 1.39. The van der Waals surface area contributed by atoms with Gasteiger partial charge in [0.25, 0.3) is 0 Å². The zero-order valence-electron chi connectivity index (χ0n) is 14.9. The maximum Gasteiger partial charge on any atom is 0.338 e. The second-order valence-corrected chi connectivity index (χ2v) is 7.93. The van der Waals surface area contributed by atoms with Gasteiger partial charge in [-0.15, -0.1) is 11.3 Å². The summed E-state index contributed by atoms with van der Waals surface area (Å²) in [5, 5.41) is 0.925. The van der Waals surface area contributed by atoms with Gasteiger partial charge >= 0.3 is 5.97 Å². The summed E-state index contributed by atoms with van der Waals surface area (Å²) in [6.07, 6.45) is 7.63. The number of hydrogen-bond acceptors (Lipinski definition) is 6. The fourth-order valence-corrected chi connectivity index (χ4v) is 4.39. The molecule has 2 fully saturated rings. The van der Waals surface area contributed by atoms with Gasteiger partial charge in [-0.3, -0.25) is 0 Å². The van der Waals surface area contributed by atoms with Gasteiger partial charge in [-0.05, 0) is 37.0 Å². The minimum absolute atomic E-state index is 0.117. The number of nitrogens with zero attached hydrogens (tertiary/aromatic N) is 1. The lowest BCUT2D eigenvalue weighted by Crippen LogP contribution is -2.26. The van der Waals surface area contributed by atoms with E-state index in [1.807, 2.05) is 18.3 Å². The largest absolute Gasteiger partial charge is 0.490 e. The first-order valence-electron chi connectivity index (χ1n) is 9.17. The zero-order chi connectivity index (χ0) is 17.9. The van der Waals surface area contributed by atoms with Crippen LogP contribution in [0.2, 0.25) is 0 Å². The molecule has 0 unspecified atom stereocenters. The standard InChI is InChI=1S/C20H23NO4S/c1-23-20(22)15-9-14(19-21-12-18(26-19)13-3-2-4-13)10-17(11-15)25-16-5-7-24-8-6-16/h9-13,16H,2-8H2,1H3. The number of carbonyl (C=O) groups is 1. The lowest BCUT2D eigenvalue weighted by molar-refractivity contribution is 0.0254. The van der Waals surface area contributed by atoms with E-state index in [-0.39, 0.29) is 12.1 Å². The third-order valence-corrected chi connectivity index (χ3v) is 6.29. The maximum absolute atomic E-state index is 12.1. The first-order valence-corrected chi connectivity index (χ1v) is 9.98. The molecule has 1 aliphatic carbocycles. The van der Waals surface area contributed by atoms with Crippen LogP contribution in [0.3, 0.4) is 0 Å². The van der Waals surface area contributed by atoms with Crippen molar-refractivity contribution >= 4 is 17.3 Å². The molecule has 1 aliphatic heterocycles. The number of carbonyl (C=O) groups excluding carboxylic acids is 1. The molecule has 1 aromatic heterocycles. The molecule has 26 heavy (non-hydrogen) atoms. The average Bonchev–Trinajstić information content (AvgIpc) is 3.09. The number of methoxy groups -OCH3 is 1. The van der Waals surface area contributed by atoms with Crippen LogP contribution in [0, 0.1) is 0 Å². The Morgan fingerprint density at radius 3 is 2.69 bits per heavy atom. The number of rotatable bonds is 5. The Morgan fingerprint density at radius 2 is 2.00 bits per heavy atom. The van der Waals surface area contributed by atoms with Gasteiger partial charge in [-0.2, -0.15) is 0 Å². The summed E-state index contributed by atoms with van der Waals surface area (Å²) in [6.45, 7) is 1.43. The van der Waals surface area contributed by atoms with Gasteiger partial charge in [0.05, 0.1) is 25.9 Å². The molecule has 0 radical (unpaired) electrons. The van der Waals surface area contributed by atoms with E-state index in [1.54, 1.807) is 17.4 Å². The first-order chi connectivity index (χ1) is 12.7. The lowest BCUT2D eigenvalue weighted by Gasteiger charge is -2.24. The number of ether oxygens (including phenoxy) is 3. The summed E-state index contributed by atoms with van der Waals surface area (Å²) in [6, 6.07) is 5.57. The van der Waals surface area contributed by atoms with Crippen molar-refractivity contribution in [1.29, 1.82) is 0 Å². The molecule has 5 nitrogen and oxygen atoms in total. The van der Waals surface area contributed by atoms with E-state index in [9.17, 15) is 4.79 Å². The average molecular weight is 373 g/mol. The molecule has 1 saturated carbocycles. The minimum Gasteiger partial charge on any atom is -0.490 e. The number of thiazole rings is 1. The second kappa shape index (κ2) is 7.76. The Morgan fingerprint density at radius 1 is 1.19 bits per heavy atom. The van der Waals surface area contributed by atoms with E-state index < -0.39 is 0 Å². The normalized spacial score (nSPS) is 18.3. The van der Waals surface area contributed by atoms with E-state index in [0.29, 0.717) is 30.4 Å². The van der Waals surface area contributed by atoms with E-state index in [4.69, 9.17) is 14.2 Å². The van der Waals surface area contributed by atoms with Gasteiger partial charge in [0.1, 0.15) is 16.9 Å². The molecule has 0 bridgehead atoms. The van der Waals surface area contributed by atoms with Crippen molar-refractivity contribution in [1.82, 2.24) is 4.98 Å². The molecule has 2 aliphatic rings. The summed E-state index contributed by atoms with van der Waals surface area (Å²) in [5.74, 6) is 0.984. The molecule has 0 amide bonds. The molecule has 0 spiro atoms. The third kappa shape index (κ3) is 3.76. The van der Waals surface area contributed by atoms with Crippen molar-refractivity contribution in [3.8, 4) is 16.3 Å². The van der Waals surface area contributed by atoms with E-state index in [1.165, 1.54) is 31.2 Å². The Labute approximate surface area is 157 Å². The van der Waals surface area contributed by atoms with Crippen LogP contribution in [0.1, 0.15) is 53.3 Å². The summed E-state index contributed by atoms with van der Waals surface area (Å²) < 4.78 is 16.4. The number of benzene rings is 1. The van der Waals surface area contributed by atoms with Gasteiger partial charge in [-0.1, -0.05) is 6.42 Å². The van der Waals surface area contributed by atoms with Crippen LogP contribution in [0.5, 0.6) is 5.75 Å². The Kier molecular flexibility index (Phi) is 5.22. The second-order valence-electron chi connectivity index (χ2n) is 6.86. The van der Waals surface area contributed by atoms with Crippen LogP contribution in [0.25, 0.3) is 10.6 Å². The van der Waals surface area contributed by atoms with Crippen LogP contribution in [0.15, 0.2) is 24.4 Å². The SMILES string of the molecule is COC(=O)c1cc(OC2CCOCC2)cc(-c2ncc(C3CCC3)s2)c1. The molecule has 0 N–H and O–H groups in total. The molecule has 4 rings (SSSR count). The minimum atomic E-state index is -0.362. The number of esters is 1. The highest BCUT2D eigenvalue weighted by atomic mass is 32.1. The molecule has 6 heteroatoms. The Balaban J connectivity index is 1.62. The third-order valence-electron chi connectivity index (χ3n) is 5.08. The van der Waals surface area contributed by atoms with E-state index in [0.717, 1.165) is 23.4 Å². The highest BCUT2D eigenvalue weighted by Crippen LogP contribution is 2.41. The smallest absolute Gasteiger partial charge is 0.338 e. The first kappa shape index (κ1) is 17.5. The van der Waals surface area contributed by atoms with Gasteiger partial charge in [0.15, 0.2) is 0 Å². The monoisotopic (exact) mass is 373 g/mol. The Hall–Kier alpha value is -1.92. The van der Waals surface area contributed by atoms with Crippen LogP contribution in [-0.2, 0) is 9.47 Å². The van der Waals surface area contributed by atoms with Gasteiger partial charge in [0, 0.05) is 29.5 Å². The molecular formula is C20H23NO4S. The van der Waals surface area contributed by atoms with Crippen LogP contribution in [-0.4, -0.2) is 37.4 Å². The molecule has 138 valence electrons. The summed E-state index contributed by atoms with van der Waals surface area (Å²) in [5.41, 5.74) is 1.40. The number of hydrogen-bond donors (Lipinski definition) is 0. The fourth-order valence-electron chi connectivity index (χ4n) is 3.31. The van der Waals surface area contributed by atoms with Crippen LogP contribution in [0.4, 0.5) is 0 Å². The summed E-state index contributed by atoms with van der Waals surface area (Å²) in [4.78, 5) is 18.0. The van der Waals surface area contributed by atoms with Gasteiger partial charge in [-0.25, -0.2) is 9.78 Å². The number of aromatic nitrogens is 1. The van der Waals surface area contributed by atoms with Crippen molar-refractivity contribution in [3.63, 3.8) is 0 Å².